The molecule has 4 rings (SSSR count). The van der Waals surface area contributed by atoms with Crippen molar-refractivity contribution in [1.29, 1.82) is 0 Å². The van der Waals surface area contributed by atoms with E-state index >= 15 is 0 Å². The van der Waals surface area contributed by atoms with Gasteiger partial charge in [-0.2, -0.15) is 0 Å². The third-order valence-corrected chi connectivity index (χ3v) is 6.78. The molecule has 0 spiro atoms. The highest BCUT2D eigenvalue weighted by atomic mass is 16.6. The molecule has 10 heteroatoms. The van der Waals surface area contributed by atoms with Crippen molar-refractivity contribution in [2.75, 3.05) is 11.9 Å². The summed E-state index contributed by atoms with van der Waals surface area (Å²) in [5.74, 6) is -0.799. The minimum absolute atomic E-state index is 0.119. The van der Waals surface area contributed by atoms with Crippen LogP contribution in [0.25, 0.3) is 0 Å². The summed E-state index contributed by atoms with van der Waals surface area (Å²) in [5, 5.41) is 8.13. The van der Waals surface area contributed by atoms with Crippen LogP contribution in [-0.2, 0) is 25.7 Å². The Bertz CT molecular complexity index is 1510. The number of alkyl carbamates (subject to hydrolysis) is 1. The smallest absolute Gasteiger partial charge is 0.408 e. The zero-order valence-corrected chi connectivity index (χ0v) is 26.3. The molecule has 0 fully saturated rings. The fraction of sp³-hybridized carbons (Fsp3) is 0.314. The van der Waals surface area contributed by atoms with Crippen molar-refractivity contribution in [3.63, 3.8) is 0 Å². The number of carbonyl (C=O) groups is 3. The Hall–Kier alpha value is -4.96. The topological polar surface area (TPSA) is 124 Å². The predicted molar refractivity (Wildman–Crippen MR) is 172 cm³/mol. The van der Waals surface area contributed by atoms with Crippen LogP contribution in [-0.4, -0.2) is 51.2 Å². The number of rotatable bonds is 12. The Balaban J connectivity index is 1.50. The van der Waals surface area contributed by atoms with Crippen LogP contribution in [0.4, 0.5) is 10.6 Å². The second kappa shape index (κ2) is 14.7. The Labute approximate surface area is 264 Å². The summed E-state index contributed by atoms with van der Waals surface area (Å²) in [4.78, 5) is 43.8. The number of nitrogens with zero attached hydrogens (tertiary/aromatic N) is 2. The quantitative estimate of drug-likeness (QED) is 0.195. The van der Waals surface area contributed by atoms with Crippen molar-refractivity contribution < 1.29 is 23.9 Å². The SMILES string of the molecule is CC(C)(C)OC(=O)NC(C)(C)C(=O)NC(COCc1ccccc1)C(=O)Nc1cn(C(c2ccccc2)c2ccccc2)cn1. The summed E-state index contributed by atoms with van der Waals surface area (Å²) in [6, 6.07) is 28.2. The van der Waals surface area contributed by atoms with Gasteiger partial charge in [0.2, 0.25) is 5.91 Å². The second-order valence-corrected chi connectivity index (χ2v) is 12.2. The summed E-state index contributed by atoms with van der Waals surface area (Å²) in [5.41, 5.74) is 0.895. The molecule has 0 aliphatic heterocycles. The molecule has 3 N–H and O–H groups in total. The number of carbonyl (C=O) groups excluding carboxylic acids is 3. The largest absolute Gasteiger partial charge is 0.444 e. The number of hydrogen-bond acceptors (Lipinski definition) is 6. The van der Waals surface area contributed by atoms with Gasteiger partial charge in [-0.1, -0.05) is 91.0 Å². The van der Waals surface area contributed by atoms with Gasteiger partial charge in [-0.15, -0.1) is 0 Å². The Morgan fingerprint density at radius 1 is 0.822 bits per heavy atom. The van der Waals surface area contributed by atoms with Gasteiger partial charge in [0, 0.05) is 6.20 Å². The maximum atomic E-state index is 13.6. The van der Waals surface area contributed by atoms with Crippen LogP contribution in [0.3, 0.4) is 0 Å². The van der Waals surface area contributed by atoms with E-state index in [2.05, 4.69) is 20.9 Å². The zero-order chi connectivity index (χ0) is 32.5. The lowest BCUT2D eigenvalue weighted by Crippen LogP contribution is -2.59. The molecule has 4 aromatic rings. The van der Waals surface area contributed by atoms with Crippen molar-refractivity contribution in [1.82, 2.24) is 20.2 Å². The van der Waals surface area contributed by atoms with Crippen molar-refractivity contribution >= 4 is 23.7 Å². The molecule has 3 aromatic carbocycles. The van der Waals surface area contributed by atoms with Crippen LogP contribution in [0.5, 0.6) is 0 Å². The molecular formula is C35H41N5O5. The van der Waals surface area contributed by atoms with E-state index in [9.17, 15) is 14.4 Å². The number of anilines is 1. The van der Waals surface area contributed by atoms with Gasteiger partial charge in [0.05, 0.1) is 25.6 Å². The van der Waals surface area contributed by atoms with Gasteiger partial charge < -0.3 is 30.0 Å². The van der Waals surface area contributed by atoms with E-state index in [0.717, 1.165) is 16.7 Å². The molecule has 0 saturated heterocycles. The van der Waals surface area contributed by atoms with Crippen molar-refractivity contribution in [2.45, 2.75) is 64.4 Å². The van der Waals surface area contributed by atoms with Gasteiger partial charge in [-0.25, -0.2) is 9.78 Å². The van der Waals surface area contributed by atoms with Crippen molar-refractivity contribution in [2.24, 2.45) is 0 Å². The molecule has 3 amide bonds. The third-order valence-electron chi connectivity index (χ3n) is 6.78. The first-order chi connectivity index (χ1) is 21.4. The minimum Gasteiger partial charge on any atom is -0.444 e. The Morgan fingerprint density at radius 2 is 1.38 bits per heavy atom. The molecule has 0 bridgehead atoms. The van der Waals surface area contributed by atoms with Crippen molar-refractivity contribution in [3.8, 4) is 0 Å². The molecule has 0 radical (unpaired) electrons. The van der Waals surface area contributed by atoms with Gasteiger partial charge in [0.1, 0.15) is 17.2 Å². The van der Waals surface area contributed by atoms with E-state index in [-0.39, 0.29) is 19.3 Å². The van der Waals surface area contributed by atoms with E-state index in [4.69, 9.17) is 9.47 Å². The van der Waals surface area contributed by atoms with Crippen LogP contribution < -0.4 is 16.0 Å². The van der Waals surface area contributed by atoms with Crippen LogP contribution in [0.1, 0.15) is 57.4 Å². The minimum atomic E-state index is -1.39. The second-order valence-electron chi connectivity index (χ2n) is 12.2. The number of benzene rings is 3. The van der Waals surface area contributed by atoms with E-state index in [0.29, 0.717) is 5.82 Å². The first-order valence-corrected chi connectivity index (χ1v) is 14.8. The lowest BCUT2D eigenvalue weighted by atomic mass is 9.99. The van der Waals surface area contributed by atoms with Crippen LogP contribution in [0.15, 0.2) is 104 Å². The van der Waals surface area contributed by atoms with Gasteiger partial charge in [-0.05, 0) is 51.3 Å². The molecule has 236 valence electrons. The highest BCUT2D eigenvalue weighted by Crippen LogP contribution is 2.27. The molecular weight excluding hydrogens is 570 g/mol. The molecule has 10 nitrogen and oxygen atoms in total. The first kappa shape index (κ1) is 32.9. The lowest BCUT2D eigenvalue weighted by molar-refractivity contribution is -0.131. The van der Waals surface area contributed by atoms with Gasteiger partial charge >= 0.3 is 6.09 Å². The maximum Gasteiger partial charge on any atom is 0.408 e. The van der Waals surface area contributed by atoms with E-state index in [1.165, 1.54) is 13.8 Å². The Morgan fingerprint density at radius 3 is 1.93 bits per heavy atom. The van der Waals surface area contributed by atoms with Gasteiger partial charge in [0.15, 0.2) is 5.82 Å². The molecule has 1 aromatic heterocycles. The first-order valence-electron chi connectivity index (χ1n) is 14.8. The normalized spacial score (nSPS) is 12.3. The summed E-state index contributed by atoms with van der Waals surface area (Å²) in [7, 11) is 0. The number of nitrogens with one attached hydrogen (secondary N) is 3. The standard InChI is InChI=1S/C35H41N5O5/c1-34(2,3)45-33(43)39-35(4,5)32(42)37-28(23-44-22-25-15-9-6-10-16-25)31(41)38-29-21-40(24-36-29)30(26-17-11-7-12-18-26)27-19-13-8-14-20-27/h6-21,24,28,30H,22-23H2,1-5H3,(H,37,42)(H,38,41)(H,39,43). The molecule has 45 heavy (non-hydrogen) atoms. The fourth-order valence-corrected chi connectivity index (χ4v) is 4.57. The van der Waals surface area contributed by atoms with E-state index in [1.807, 2.05) is 95.6 Å². The van der Waals surface area contributed by atoms with Crippen LogP contribution in [0, 0.1) is 0 Å². The third kappa shape index (κ3) is 9.77. The maximum absolute atomic E-state index is 13.6. The lowest BCUT2D eigenvalue weighted by Gasteiger charge is -2.29. The summed E-state index contributed by atoms with van der Waals surface area (Å²) < 4.78 is 13.1. The zero-order valence-electron chi connectivity index (χ0n) is 26.3. The number of imidazole rings is 1. The highest BCUT2D eigenvalue weighted by Gasteiger charge is 2.34. The molecule has 0 saturated carbocycles. The fourth-order valence-electron chi connectivity index (χ4n) is 4.57. The molecule has 0 aliphatic rings. The Kier molecular flexibility index (Phi) is 10.7. The number of aromatic nitrogens is 2. The predicted octanol–water partition coefficient (Wildman–Crippen LogP) is 5.46. The number of hydrogen-bond donors (Lipinski definition) is 3. The van der Waals surface area contributed by atoms with E-state index in [1.54, 1.807) is 33.3 Å². The van der Waals surface area contributed by atoms with Gasteiger partial charge in [0.25, 0.3) is 5.91 Å². The molecule has 1 atom stereocenters. The van der Waals surface area contributed by atoms with E-state index < -0.39 is 35.1 Å². The van der Waals surface area contributed by atoms with Crippen LogP contribution in [0.2, 0.25) is 0 Å². The van der Waals surface area contributed by atoms with Crippen LogP contribution >= 0.6 is 0 Å². The molecule has 1 heterocycles. The van der Waals surface area contributed by atoms with Crippen molar-refractivity contribution in [3.05, 3.63) is 120 Å². The highest BCUT2D eigenvalue weighted by molar-refractivity contribution is 5.98. The average molecular weight is 612 g/mol. The summed E-state index contributed by atoms with van der Waals surface area (Å²) in [6.07, 6.45) is 2.66. The number of amides is 3. The number of ether oxygens (including phenoxy) is 2. The van der Waals surface area contributed by atoms with Gasteiger partial charge in [-0.3, -0.25) is 9.59 Å². The monoisotopic (exact) mass is 611 g/mol. The molecule has 0 aliphatic carbocycles. The molecule has 1 unspecified atom stereocenters. The average Bonchev–Trinajstić information content (AvgIpc) is 3.44. The summed E-state index contributed by atoms with van der Waals surface area (Å²) >= 11 is 0. The summed E-state index contributed by atoms with van der Waals surface area (Å²) in [6.45, 7) is 8.37.